The summed E-state index contributed by atoms with van der Waals surface area (Å²) in [5.74, 6) is -4.45. The van der Waals surface area contributed by atoms with Gasteiger partial charge in [-0.25, -0.2) is 13.8 Å². The minimum Gasteiger partial charge on any atom is -0.481 e. The van der Waals surface area contributed by atoms with Crippen LogP contribution in [0, 0.1) is 35.0 Å². The van der Waals surface area contributed by atoms with Gasteiger partial charge in [0.1, 0.15) is 4.60 Å². The van der Waals surface area contributed by atoms with Crippen molar-refractivity contribution in [2.75, 3.05) is 38.2 Å². The first kappa shape index (κ1) is 24.1. The minimum absolute atomic E-state index is 0.0191. The summed E-state index contributed by atoms with van der Waals surface area (Å²) >= 11 is 3.27. The lowest BCUT2D eigenvalue weighted by molar-refractivity contribution is -0.148. The molecule has 1 aromatic heterocycles. The summed E-state index contributed by atoms with van der Waals surface area (Å²) in [7, 11) is 0. The Morgan fingerprint density at radius 2 is 2.00 bits per heavy atom. The van der Waals surface area contributed by atoms with E-state index >= 15 is 0 Å². The van der Waals surface area contributed by atoms with Crippen LogP contribution in [0.2, 0.25) is 0 Å². The number of alkyl halides is 2. The van der Waals surface area contributed by atoms with Crippen LogP contribution in [0.3, 0.4) is 0 Å². The van der Waals surface area contributed by atoms with Crippen LogP contribution in [0.4, 0.5) is 14.5 Å². The number of pyridine rings is 1. The molecule has 4 fully saturated rings. The van der Waals surface area contributed by atoms with E-state index in [9.17, 15) is 23.5 Å². The van der Waals surface area contributed by atoms with Gasteiger partial charge < -0.3 is 15.2 Å². The van der Waals surface area contributed by atoms with E-state index in [2.05, 4.69) is 26.2 Å². The fourth-order valence-electron chi connectivity index (χ4n) is 7.21. The first-order valence-corrected chi connectivity index (χ1v) is 12.8. The van der Waals surface area contributed by atoms with Crippen molar-refractivity contribution in [3.63, 3.8) is 0 Å². The molecule has 6 atom stereocenters. The number of aromatic nitrogens is 1. The van der Waals surface area contributed by atoms with E-state index in [-0.39, 0.29) is 36.1 Å². The molecule has 3 saturated carbocycles. The van der Waals surface area contributed by atoms with Crippen molar-refractivity contribution >= 4 is 33.5 Å². The quantitative estimate of drug-likeness (QED) is 0.364. The minimum atomic E-state index is -2.58. The number of rotatable bonds is 9. The number of aliphatic carboxylic acids is 1. The van der Waals surface area contributed by atoms with Gasteiger partial charge in [-0.2, -0.15) is 0 Å². The second kappa shape index (κ2) is 9.09. The van der Waals surface area contributed by atoms with Gasteiger partial charge in [0, 0.05) is 26.1 Å². The molecular weight excluding hydrogens is 512 g/mol. The van der Waals surface area contributed by atoms with Gasteiger partial charge in [-0.1, -0.05) is 0 Å². The molecule has 0 radical (unpaired) electrons. The average molecular weight is 542 g/mol. The monoisotopic (exact) mass is 541 g/mol. The summed E-state index contributed by atoms with van der Waals surface area (Å²) < 4.78 is 33.0. The highest BCUT2D eigenvalue weighted by molar-refractivity contribution is 9.10. The van der Waals surface area contributed by atoms with Gasteiger partial charge >= 0.3 is 5.97 Å². The molecule has 3 aliphatic carbocycles. The maximum absolute atomic E-state index is 13.3. The number of nitrogens with one attached hydrogen (secondary N) is 1. The predicted molar refractivity (Wildman–Crippen MR) is 123 cm³/mol. The van der Waals surface area contributed by atoms with E-state index < -0.39 is 23.7 Å². The number of likely N-dealkylation sites (tertiary alicyclic amines) is 1. The van der Waals surface area contributed by atoms with Crippen molar-refractivity contribution < 1.29 is 28.2 Å². The number of carboxylic acid groups (broad SMARTS) is 1. The van der Waals surface area contributed by atoms with Crippen molar-refractivity contribution in [1.82, 2.24) is 9.88 Å². The maximum atomic E-state index is 13.3. The third-order valence-corrected chi connectivity index (χ3v) is 9.09. The van der Waals surface area contributed by atoms with Crippen molar-refractivity contribution in [2.24, 2.45) is 35.0 Å². The Kier molecular flexibility index (Phi) is 6.44. The second-order valence-electron chi connectivity index (χ2n) is 10.3. The number of hydrogen-bond acceptors (Lipinski definition) is 5. The lowest BCUT2D eigenvalue weighted by Crippen LogP contribution is -2.37. The number of ether oxygens (including phenoxy) is 1. The lowest BCUT2D eigenvalue weighted by atomic mass is 9.78. The van der Waals surface area contributed by atoms with Crippen LogP contribution in [0.25, 0.3) is 0 Å². The van der Waals surface area contributed by atoms with Crippen molar-refractivity contribution in [3.05, 3.63) is 22.9 Å². The van der Waals surface area contributed by atoms with E-state index in [0.717, 1.165) is 25.7 Å². The summed E-state index contributed by atoms with van der Waals surface area (Å²) in [5.41, 5.74) is 0.481. The molecule has 1 saturated heterocycles. The fraction of sp³-hybridized carbons (Fsp3) is 0.708. The van der Waals surface area contributed by atoms with Crippen LogP contribution in [-0.4, -0.2) is 65.6 Å². The summed E-state index contributed by atoms with van der Waals surface area (Å²) in [5, 5.41) is 12.9. The van der Waals surface area contributed by atoms with Crippen molar-refractivity contribution in [3.8, 4) is 0 Å². The Balaban J connectivity index is 1.16. The summed E-state index contributed by atoms with van der Waals surface area (Å²) in [4.78, 5) is 31.3. The maximum Gasteiger partial charge on any atom is 0.307 e. The van der Waals surface area contributed by atoms with Crippen LogP contribution >= 0.6 is 15.9 Å². The molecule has 1 aliphatic heterocycles. The summed E-state index contributed by atoms with van der Waals surface area (Å²) in [6, 6.07) is 3.48. The largest absolute Gasteiger partial charge is 0.481 e. The number of hydrogen-bond donors (Lipinski definition) is 2. The summed E-state index contributed by atoms with van der Waals surface area (Å²) in [6.45, 7) is 1.68. The number of carbonyl (C=O) groups excluding carboxylic acids is 1. The number of nitrogens with zero attached hydrogens (tertiary/aromatic N) is 2. The Labute approximate surface area is 205 Å². The van der Waals surface area contributed by atoms with Crippen molar-refractivity contribution in [2.45, 2.75) is 38.0 Å². The normalized spacial score (nSPS) is 35.7. The number of amides is 1. The molecule has 2 heterocycles. The Bertz CT molecular complexity index is 949. The Morgan fingerprint density at radius 1 is 1.24 bits per heavy atom. The van der Waals surface area contributed by atoms with Gasteiger partial charge in [-0.15, -0.1) is 0 Å². The zero-order valence-corrected chi connectivity index (χ0v) is 20.5. The highest BCUT2D eigenvalue weighted by Gasteiger charge is 2.75. The van der Waals surface area contributed by atoms with E-state index in [1.165, 1.54) is 0 Å². The zero-order chi connectivity index (χ0) is 24.1. The van der Waals surface area contributed by atoms with Gasteiger partial charge in [0.05, 0.1) is 36.9 Å². The smallest absolute Gasteiger partial charge is 0.307 e. The predicted octanol–water partition coefficient (Wildman–Crippen LogP) is 3.89. The Morgan fingerprint density at radius 3 is 2.65 bits per heavy atom. The fourth-order valence-corrected chi connectivity index (χ4v) is 7.45. The number of anilines is 1. The topological polar surface area (TPSA) is 91.8 Å². The first-order valence-electron chi connectivity index (χ1n) is 12.0. The van der Waals surface area contributed by atoms with E-state index in [4.69, 9.17) is 4.74 Å². The van der Waals surface area contributed by atoms with Crippen LogP contribution in [-0.2, 0) is 14.3 Å². The number of carbonyl (C=O) groups is 2. The molecule has 1 amide bonds. The molecule has 34 heavy (non-hydrogen) atoms. The van der Waals surface area contributed by atoms with Gasteiger partial charge in [0.25, 0.3) is 5.92 Å². The summed E-state index contributed by atoms with van der Waals surface area (Å²) in [6.07, 6.45) is 4.97. The van der Waals surface area contributed by atoms with Gasteiger partial charge in [0.15, 0.2) is 0 Å². The highest BCUT2D eigenvalue weighted by Crippen LogP contribution is 2.78. The lowest BCUT2D eigenvalue weighted by Gasteiger charge is -2.26. The van der Waals surface area contributed by atoms with Crippen LogP contribution in [0.15, 0.2) is 22.9 Å². The third-order valence-electron chi connectivity index (χ3n) is 8.62. The molecule has 2 N–H and O–H groups in total. The molecule has 7 nitrogen and oxygen atoms in total. The first-order chi connectivity index (χ1) is 16.2. The molecule has 2 bridgehead atoms. The molecular formula is C24H30BrF2N3O4. The average Bonchev–Trinajstić information content (AvgIpc) is 3.10. The second-order valence-corrected chi connectivity index (χ2v) is 11.1. The number of carboxylic acids is 1. The SMILES string of the molecule is O=C(O)[C@H]1[C@H](C(=O)Nc2ccc(Br)nc2)[C@@H]2CC[C@H]1C21CC1CCOCCN1CCC(F)(F)C1. The Hall–Kier alpha value is -1.65. The van der Waals surface area contributed by atoms with E-state index in [1.54, 1.807) is 23.2 Å². The molecule has 4 aliphatic rings. The third kappa shape index (κ3) is 4.37. The van der Waals surface area contributed by atoms with Gasteiger partial charge in [-0.05, 0) is 76.9 Å². The van der Waals surface area contributed by atoms with Crippen LogP contribution < -0.4 is 5.32 Å². The highest BCUT2D eigenvalue weighted by atomic mass is 79.9. The zero-order valence-electron chi connectivity index (χ0n) is 18.9. The van der Waals surface area contributed by atoms with E-state index in [1.807, 2.05) is 0 Å². The molecule has 10 heteroatoms. The van der Waals surface area contributed by atoms with Gasteiger partial charge in [0.2, 0.25) is 5.91 Å². The molecule has 186 valence electrons. The molecule has 1 spiro atoms. The molecule has 5 rings (SSSR count). The van der Waals surface area contributed by atoms with Gasteiger partial charge in [-0.3, -0.25) is 14.5 Å². The van der Waals surface area contributed by atoms with Crippen LogP contribution in [0.5, 0.6) is 0 Å². The molecule has 2 unspecified atom stereocenters. The standard InChI is InChI=1S/C24H30BrF2N3O4/c25-18-4-1-15(12-28-18)29-21(31)19-16-2-3-17(20(19)22(32)33)24(16)11-14(24)5-9-34-10-8-30-7-6-23(26,27)13-30/h1,4,12,14,16-17,19-20H,2-3,5-11,13H2,(H,29,31)(H,32,33)/t14?,16-,17+,19+,20+,24?/m0/s1. The van der Waals surface area contributed by atoms with Crippen LogP contribution in [0.1, 0.15) is 32.1 Å². The van der Waals surface area contributed by atoms with E-state index in [0.29, 0.717) is 42.5 Å². The molecule has 0 aromatic carbocycles. The molecule has 1 aromatic rings. The number of halogens is 3. The van der Waals surface area contributed by atoms with Crippen molar-refractivity contribution in [1.29, 1.82) is 0 Å².